The Bertz CT molecular complexity index is 2050. The highest BCUT2D eigenvalue weighted by Crippen LogP contribution is 2.37. The van der Waals surface area contributed by atoms with Crippen LogP contribution in [0.25, 0.3) is 44.8 Å². The zero-order valence-electron chi connectivity index (χ0n) is 26.0. The van der Waals surface area contributed by atoms with Crippen molar-refractivity contribution in [1.29, 1.82) is 0 Å². The van der Waals surface area contributed by atoms with Gasteiger partial charge in [-0.3, -0.25) is 9.59 Å². The van der Waals surface area contributed by atoms with E-state index in [0.717, 1.165) is 82.6 Å². The molecule has 2 fully saturated rings. The van der Waals surface area contributed by atoms with Crippen molar-refractivity contribution in [2.75, 3.05) is 32.8 Å². The molecule has 3 aliphatic rings. The number of imidazole rings is 1. The zero-order chi connectivity index (χ0) is 31.7. The van der Waals surface area contributed by atoms with Crippen LogP contribution < -0.4 is 11.1 Å². The number of pyridine rings is 1. The van der Waals surface area contributed by atoms with Crippen LogP contribution in [0.15, 0.2) is 42.5 Å². The molecule has 1 saturated heterocycles. The van der Waals surface area contributed by atoms with Gasteiger partial charge in [-0.2, -0.15) is 0 Å². The number of amides is 2. The van der Waals surface area contributed by atoms with Gasteiger partial charge >= 0.3 is 0 Å². The number of benzene rings is 2. The molecule has 5 heterocycles. The summed E-state index contributed by atoms with van der Waals surface area (Å²) >= 11 is 0. The average molecular weight is 622 g/mol. The predicted molar refractivity (Wildman–Crippen MR) is 173 cm³/mol. The van der Waals surface area contributed by atoms with Gasteiger partial charge < -0.3 is 29.8 Å². The van der Waals surface area contributed by atoms with Crippen LogP contribution in [0.4, 0.5) is 4.39 Å². The van der Waals surface area contributed by atoms with Gasteiger partial charge in [-0.25, -0.2) is 14.4 Å². The number of nitrogens with zero attached hydrogens (tertiary/aromatic N) is 5. The Balaban J connectivity index is 1.19. The fourth-order valence-corrected chi connectivity index (χ4v) is 6.97. The largest absolute Gasteiger partial charge is 0.378 e. The van der Waals surface area contributed by atoms with Crippen LogP contribution in [0.5, 0.6) is 0 Å². The Morgan fingerprint density at radius 2 is 1.96 bits per heavy atom. The number of rotatable bonds is 7. The SMILES string of the molecule is Cc1cc(C(N)=O)c(F)cc1-c1ccc2cc(-c3nc4cc5c(cc4n3C)CCN(C[C@H]3COCCN3)C5=O)n(CC3CC3)c2n1. The highest BCUT2D eigenvalue weighted by molar-refractivity contribution is 6.01. The number of halogens is 1. The minimum Gasteiger partial charge on any atom is -0.378 e. The second-order valence-corrected chi connectivity index (χ2v) is 12.9. The second kappa shape index (κ2) is 11.0. The number of hydrogen-bond donors (Lipinski definition) is 2. The number of morpholine rings is 1. The lowest BCUT2D eigenvalue weighted by molar-refractivity contribution is 0.0511. The molecule has 0 spiro atoms. The number of hydrogen-bond acceptors (Lipinski definition) is 6. The number of aryl methyl sites for hydroxylation is 2. The molecule has 5 aromatic rings. The molecule has 3 N–H and O–H groups in total. The quantitative estimate of drug-likeness (QED) is 0.281. The van der Waals surface area contributed by atoms with Gasteiger partial charge in [0.15, 0.2) is 5.82 Å². The summed E-state index contributed by atoms with van der Waals surface area (Å²) in [6, 6.07) is 13.0. The lowest BCUT2D eigenvalue weighted by Gasteiger charge is -2.33. The first kappa shape index (κ1) is 28.8. The van der Waals surface area contributed by atoms with Gasteiger partial charge in [-0.05, 0) is 85.7 Å². The van der Waals surface area contributed by atoms with Gasteiger partial charge in [-0.15, -0.1) is 0 Å². The fourth-order valence-electron chi connectivity index (χ4n) is 6.97. The highest BCUT2D eigenvalue weighted by Gasteiger charge is 2.30. The van der Waals surface area contributed by atoms with Crippen LogP contribution in [-0.2, 0) is 24.8 Å². The minimum absolute atomic E-state index is 0.0397. The number of aromatic nitrogens is 4. The third kappa shape index (κ3) is 4.94. The van der Waals surface area contributed by atoms with Crippen LogP contribution in [0.1, 0.15) is 44.7 Å². The number of nitrogens with one attached hydrogen (secondary N) is 1. The Morgan fingerprint density at radius 1 is 1.11 bits per heavy atom. The molecule has 46 heavy (non-hydrogen) atoms. The summed E-state index contributed by atoms with van der Waals surface area (Å²) in [5.74, 6) is -0.0529. The van der Waals surface area contributed by atoms with Gasteiger partial charge in [0.1, 0.15) is 11.5 Å². The van der Waals surface area contributed by atoms with Gasteiger partial charge in [0, 0.05) is 55.8 Å². The molecular weight excluding hydrogens is 585 g/mol. The van der Waals surface area contributed by atoms with Crippen molar-refractivity contribution < 1.29 is 18.7 Å². The molecule has 2 aromatic carbocycles. The Kier molecular flexibility index (Phi) is 6.91. The van der Waals surface area contributed by atoms with E-state index in [-0.39, 0.29) is 17.5 Å². The van der Waals surface area contributed by atoms with Crippen molar-refractivity contribution in [3.63, 3.8) is 0 Å². The van der Waals surface area contributed by atoms with Gasteiger partial charge in [0.05, 0.1) is 41.2 Å². The molecule has 11 heteroatoms. The topological polar surface area (TPSA) is 120 Å². The van der Waals surface area contributed by atoms with Crippen LogP contribution in [-0.4, -0.2) is 74.7 Å². The van der Waals surface area contributed by atoms with Crippen LogP contribution >= 0.6 is 0 Å². The van der Waals surface area contributed by atoms with Crippen molar-refractivity contribution >= 4 is 33.9 Å². The van der Waals surface area contributed by atoms with Crippen molar-refractivity contribution in [2.24, 2.45) is 18.7 Å². The predicted octanol–water partition coefficient (Wildman–Crippen LogP) is 4.20. The number of primary amides is 1. The lowest BCUT2D eigenvalue weighted by atomic mass is 9.97. The maximum absolute atomic E-state index is 14.8. The van der Waals surface area contributed by atoms with Gasteiger partial charge in [-0.1, -0.05) is 0 Å². The monoisotopic (exact) mass is 621 g/mol. The van der Waals surface area contributed by atoms with E-state index in [0.29, 0.717) is 43.5 Å². The Hall–Kier alpha value is -4.61. The second-order valence-electron chi connectivity index (χ2n) is 12.9. The molecule has 2 amide bonds. The fraction of sp³-hybridized carbons (Fsp3) is 0.371. The summed E-state index contributed by atoms with van der Waals surface area (Å²) in [7, 11) is 2.02. The molecule has 0 unspecified atom stereocenters. The van der Waals surface area contributed by atoms with E-state index in [1.807, 2.05) is 37.1 Å². The summed E-state index contributed by atoms with van der Waals surface area (Å²) in [6.45, 7) is 6.05. The molecular formula is C35H36FN7O3. The first-order valence-electron chi connectivity index (χ1n) is 16.0. The molecule has 1 atom stereocenters. The zero-order valence-corrected chi connectivity index (χ0v) is 26.0. The average Bonchev–Trinajstić information content (AvgIpc) is 3.73. The lowest BCUT2D eigenvalue weighted by Crippen LogP contribution is -2.51. The van der Waals surface area contributed by atoms with Crippen molar-refractivity contribution in [3.8, 4) is 22.8 Å². The van der Waals surface area contributed by atoms with E-state index >= 15 is 0 Å². The Labute approximate surface area is 265 Å². The van der Waals surface area contributed by atoms with Gasteiger partial charge in [0.25, 0.3) is 11.8 Å². The van der Waals surface area contributed by atoms with Crippen molar-refractivity contribution in [1.82, 2.24) is 29.3 Å². The summed E-state index contributed by atoms with van der Waals surface area (Å²) in [5, 5.41) is 4.41. The summed E-state index contributed by atoms with van der Waals surface area (Å²) in [5.41, 5.74) is 12.5. The van der Waals surface area contributed by atoms with E-state index in [2.05, 4.69) is 26.6 Å². The third-order valence-electron chi connectivity index (χ3n) is 9.68. The van der Waals surface area contributed by atoms with Crippen LogP contribution in [0.3, 0.4) is 0 Å². The van der Waals surface area contributed by atoms with E-state index in [4.69, 9.17) is 20.4 Å². The molecule has 1 saturated carbocycles. The van der Waals surface area contributed by atoms with E-state index in [1.165, 1.54) is 12.1 Å². The standard InChI is InChI=1S/C35H36FN7O3/c1-19-11-26(32(37)44)27(36)14-24(19)28-6-5-22-13-31(43(33(22)39-28)16-20-3-4-20)34-40-29-15-25-21(12-30(29)41(34)2)7-9-42(35(25)45)17-23-18-46-10-8-38-23/h5-6,11-15,20,23,38H,3-4,7-10,16-18H2,1-2H3,(H2,37,44)/t23-/m0/s1. The maximum Gasteiger partial charge on any atom is 0.254 e. The molecule has 0 bridgehead atoms. The Morgan fingerprint density at radius 3 is 2.72 bits per heavy atom. The molecule has 236 valence electrons. The molecule has 8 rings (SSSR count). The smallest absolute Gasteiger partial charge is 0.254 e. The molecule has 2 aliphatic heterocycles. The first-order chi connectivity index (χ1) is 22.2. The van der Waals surface area contributed by atoms with E-state index in [1.54, 1.807) is 0 Å². The minimum atomic E-state index is -0.796. The maximum atomic E-state index is 14.8. The number of carbonyl (C=O) groups excluding carboxylic acids is 2. The normalized spacial score (nSPS) is 18.5. The van der Waals surface area contributed by atoms with Gasteiger partial charge in [0.2, 0.25) is 0 Å². The summed E-state index contributed by atoms with van der Waals surface area (Å²) in [6.07, 6.45) is 3.11. The first-order valence-corrected chi connectivity index (χ1v) is 16.0. The molecule has 3 aromatic heterocycles. The number of fused-ring (bicyclic) bond motifs is 3. The van der Waals surface area contributed by atoms with Crippen LogP contribution in [0, 0.1) is 18.7 Å². The number of nitrogens with two attached hydrogens (primary N) is 1. The molecule has 0 radical (unpaired) electrons. The third-order valence-corrected chi connectivity index (χ3v) is 9.68. The van der Waals surface area contributed by atoms with Crippen molar-refractivity contribution in [3.05, 3.63) is 70.5 Å². The summed E-state index contributed by atoms with van der Waals surface area (Å²) < 4.78 is 24.7. The van der Waals surface area contributed by atoms with Crippen LogP contribution in [0.2, 0.25) is 0 Å². The number of ether oxygens (including phenoxy) is 1. The summed E-state index contributed by atoms with van der Waals surface area (Å²) in [4.78, 5) is 37.4. The van der Waals surface area contributed by atoms with E-state index < -0.39 is 11.7 Å². The molecule has 1 aliphatic carbocycles. The van der Waals surface area contributed by atoms with E-state index in [9.17, 15) is 14.0 Å². The molecule has 10 nitrogen and oxygen atoms in total. The highest BCUT2D eigenvalue weighted by atomic mass is 19.1. The van der Waals surface area contributed by atoms with Crippen molar-refractivity contribution in [2.45, 2.75) is 38.8 Å². The number of carbonyl (C=O) groups is 2.